The summed E-state index contributed by atoms with van der Waals surface area (Å²) in [5, 5.41) is 11.8. The maximum absolute atomic E-state index is 12.9. The van der Waals surface area contributed by atoms with Crippen molar-refractivity contribution in [2.24, 2.45) is 0 Å². The molecule has 2 unspecified atom stereocenters. The molecule has 0 saturated carbocycles. The van der Waals surface area contributed by atoms with E-state index in [1.807, 2.05) is 21.1 Å². The van der Waals surface area contributed by atoms with Crippen LogP contribution in [0.2, 0.25) is 0 Å². The van der Waals surface area contributed by atoms with Crippen LogP contribution in [0, 0.1) is 0 Å². The van der Waals surface area contributed by atoms with E-state index in [9.17, 15) is 19.5 Å². The van der Waals surface area contributed by atoms with Gasteiger partial charge < -0.3 is 33.3 Å². The molecular weight excluding hydrogens is 983 g/mol. The smallest absolute Gasteiger partial charge is 0.306 e. The number of carboxylic acid groups (broad SMARTS) is 1. The molecule has 0 aromatic rings. The minimum atomic E-state index is -1.62. The average molecular weight is 1110 g/mol. The van der Waals surface area contributed by atoms with E-state index in [0.29, 0.717) is 23.9 Å². The summed E-state index contributed by atoms with van der Waals surface area (Å²) in [5.74, 6) is -2.27. The fraction of sp³-hybridized carbons (Fsp3) is 0.814. The molecule has 0 spiro atoms. The second kappa shape index (κ2) is 61.1. The second-order valence-electron chi connectivity index (χ2n) is 23.7. The first-order chi connectivity index (χ1) is 38.6. The summed E-state index contributed by atoms with van der Waals surface area (Å²) in [7, 11) is 5.94. The molecule has 0 heterocycles. The van der Waals surface area contributed by atoms with Gasteiger partial charge in [-0.2, -0.15) is 0 Å². The summed E-state index contributed by atoms with van der Waals surface area (Å²) in [5.41, 5.74) is 0. The van der Waals surface area contributed by atoms with Crippen molar-refractivity contribution in [1.82, 2.24) is 0 Å². The van der Waals surface area contributed by atoms with E-state index in [1.165, 1.54) is 218 Å². The Balaban J connectivity index is 4.11. The van der Waals surface area contributed by atoms with Crippen LogP contribution in [0.5, 0.6) is 0 Å². The Labute approximate surface area is 488 Å². The lowest BCUT2D eigenvalue weighted by Crippen LogP contribution is -2.44. The number of rotatable bonds is 62. The van der Waals surface area contributed by atoms with Crippen molar-refractivity contribution in [3.8, 4) is 0 Å². The van der Waals surface area contributed by atoms with Gasteiger partial charge in [0, 0.05) is 12.8 Å². The molecule has 0 rings (SSSR count). The van der Waals surface area contributed by atoms with Crippen molar-refractivity contribution >= 4 is 17.9 Å². The maximum Gasteiger partial charge on any atom is 0.306 e. The Morgan fingerprint density at radius 1 is 0.392 bits per heavy atom. The molecule has 9 nitrogen and oxygen atoms in total. The molecule has 0 saturated heterocycles. The molecular formula is C70H127NO8. The lowest BCUT2D eigenvalue weighted by atomic mass is 10.0. The van der Waals surface area contributed by atoms with E-state index in [0.717, 1.165) is 57.8 Å². The van der Waals surface area contributed by atoms with E-state index >= 15 is 0 Å². The highest BCUT2D eigenvalue weighted by Crippen LogP contribution is 2.18. The molecule has 0 aromatic carbocycles. The van der Waals surface area contributed by atoms with Gasteiger partial charge in [-0.15, -0.1) is 0 Å². The number of allylic oxidation sites excluding steroid dienone is 10. The number of esters is 2. The van der Waals surface area contributed by atoms with Gasteiger partial charge >= 0.3 is 11.9 Å². The van der Waals surface area contributed by atoms with Crippen LogP contribution in [0.4, 0.5) is 0 Å². The van der Waals surface area contributed by atoms with Gasteiger partial charge in [0.05, 0.1) is 40.3 Å². The van der Waals surface area contributed by atoms with Crippen LogP contribution in [0.25, 0.3) is 0 Å². The van der Waals surface area contributed by atoms with Crippen molar-refractivity contribution in [1.29, 1.82) is 0 Å². The first-order valence-corrected chi connectivity index (χ1v) is 33.4. The van der Waals surface area contributed by atoms with Crippen LogP contribution in [0.15, 0.2) is 60.8 Å². The SMILES string of the molecule is CC/C=C\C/C=C\C/C=C\C/C=C\CCCCCCCCCCCCCCCCCCCCC(=O)OC(COC(=O)CCCCCCCCCCCCC/C=C\CCCCCCCCCC)COC(OCC[N+](C)(C)C)C(=O)[O-]. The van der Waals surface area contributed by atoms with Crippen LogP contribution in [0.3, 0.4) is 0 Å². The number of hydrogen-bond acceptors (Lipinski definition) is 8. The first-order valence-electron chi connectivity index (χ1n) is 33.4. The summed E-state index contributed by atoms with van der Waals surface area (Å²) in [6.07, 6.45) is 75.8. The number of hydrogen-bond donors (Lipinski definition) is 0. The largest absolute Gasteiger partial charge is 0.545 e. The van der Waals surface area contributed by atoms with E-state index in [-0.39, 0.29) is 32.2 Å². The molecule has 0 amide bonds. The molecule has 0 fully saturated rings. The highest BCUT2D eigenvalue weighted by Gasteiger charge is 2.22. The molecule has 0 aliphatic heterocycles. The minimum absolute atomic E-state index is 0.148. The third kappa shape index (κ3) is 62.4. The van der Waals surface area contributed by atoms with Crippen LogP contribution in [-0.4, -0.2) is 82.3 Å². The van der Waals surface area contributed by atoms with Crippen molar-refractivity contribution in [3.05, 3.63) is 60.8 Å². The molecule has 0 aromatic heterocycles. The summed E-state index contributed by atoms with van der Waals surface area (Å²) in [6.45, 7) is 4.68. The summed E-state index contributed by atoms with van der Waals surface area (Å²) < 4.78 is 22.8. The van der Waals surface area contributed by atoms with Gasteiger partial charge in [0.25, 0.3) is 0 Å². The molecule has 0 aliphatic carbocycles. The maximum atomic E-state index is 12.9. The number of carboxylic acids is 1. The molecule has 0 radical (unpaired) electrons. The first kappa shape index (κ1) is 76.0. The monoisotopic (exact) mass is 1110 g/mol. The lowest BCUT2D eigenvalue weighted by Gasteiger charge is -2.26. The number of nitrogens with zero attached hydrogens (tertiary/aromatic N) is 1. The normalized spacial score (nSPS) is 13.1. The van der Waals surface area contributed by atoms with Crippen LogP contribution < -0.4 is 5.11 Å². The Kier molecular flexibility index (Phi) is 58.7. The Morgan fingerprint density at radius 2 is 0.722 bits per heavy atom. The molecule has 460 valence electrons. The Morgan fingerprint density at radius 3 is 1.09 bits per heavy atom. The van der Waals surface area contributed by atoms with Crippen molar-refractivity contribution < 1.29 is 42.9 Å². The van der Waals surface area contributed by atoms with E-state index in [1.54, 1.807) is 0 Å². The number of quaternary nitrogens is 1. The third-order valence-electron chi connectivity index (χ3n) is 14.7. The lowest BCUT2D eigenvalue weighted by molar-refractivity contribution is -0.870. The second-order valence-corrected chi connectivity index (χ2v) is 23.7. The number of aliphatic carboxylic acids is 1. The van der Waals surface area contributed by atoms with Crippen molar-refractivity contribution in [2.45, 2.75) is 322 Å². The molecule has 0 N–H and O–H groups in total. The zero-order valence-electron chi connectivity index (χ0n) is 52.5. The summed E-state index contributed by atoms with van der Waals surface area (Å²) >= 11 is 0. The Hall–Kier alpha value is -3.01. The number of ether oxygens (including phenoxy) is 4. The van der Waals surface area contributed by atoms with Crippen LogP contribution in [0.1, 0.15) is 309 Å². The molecule has 0 aliphatic rings. The van der Waals surface area contributed by atoms with Crippen molar-refractivity contribution in [2.75, 3.05) is 47.5 Å². The van der Waals surface area contributed by atoms with Gasteiger partial charge in [-0.1, -0.05) is 280 Å². The van der Waals surface area contributed by atoms with E-state index in [4.69, 9.17) is 18.9 Å². The summed E-state index contributed by atoms with van der Waals surface area (Å²) in [6, 6.07) is 0. The van der Waals surface area contributed by atoms with Crippen molar-refractivity contribution in [3.63, 3.8) is 0 Å². The molecule has 2 atom stereocenters. The number of carbonyl (C=O) groups is 3. The zero-order chi connectivity index (χ0) is 57.6. The average Bonchev–Trinajstić information content (AvgIpc) is 3.42. The van der Waals surface area contributed by atoms with Gasteiger partial charge in [0.15, 0.2) is 12.4 Å². The topological polar surface area (TPSA) is 111 Å². The number of carbonyl (C=O) groups excluding carboxylic acids is 3. The fourth-order valence-electron chi connectivity index (χ4n) is 9.64. The third-order valence-corrected chi connectivity index (χ3v) is 14.7. The van der Waals surface area contributed by atoms with Gasteiger partial charge in [0.2, 0.25) is 0 Å². The molecule has 9 heteroatoms. The van der Waals surface area contributed by atoms with Crippen LogP contribution in [-0.2, 0) is 33.3 Å². The quantitative estimate of drug-likeness (QED) is 0.0195. The van der Waals surface area contributed by atoms with E-state index in [2.05, 4.69) is 74.6 Å². The van der Waals surface area contributed by atoms with Gasteiger partial charge in [-0.25, -0.2) is 0 Å². The standard InChI is InChI=1S/C70H127NO8/c1-6-8-10-12-14-16-18-20-22-24-26-28-30-31-32-33-34-35-36-37-39-41-43-45-47-49-51-53-55-57-59-61-68(73)79-66(65-78-70(69(74)75)76-63-62-71(3,4)5)64-77-67(72)60-58-56-54-52-50-48-46-44-42-40-38-29-27-25-23-21-19-17-15-13-11-9-7-2/h8,10,14,16,20,22,25-28,66,70H,6-7,9,11-13,15,17-19,21,23-24,29-65H2,1-5H3/b10-8-,16-14-,22-20-,27-25-,28-26-. The predicted octanol–water partition coefficient (Wildman–Crippen LogP) is 19.0. The van der Waals surface area contributed by atoms with Gasteiger partial charge in [-0.3, -0.25) is 9.59 Å². The zero-order valence-corrected chi connectivity index (χ0v) is 52.5. The summed E-state index contributed by atoms with van der Waals surface area (Å²) in [4.78, 5) is 37.4. The fourth-order valence-corrected chi connectivity index (χ4v) is 9.64. The minimum Gasteiger partial charge on any atom is -0.545 e. The highest BCUT2D eigenvalue weighted by molar-refractivity contribution is 5.70. The molecule has 79 heavy (non-hydrogen) atoms. The Bertz CT molecular complexity index is 1480. The number of likely N-dealkylation sites (N-methyl/N-ethyl adjacent to an activating group) is 1. The predicted molar refractivity (Wildman–Crippen MR) is 334 cm³/mol. The van der Waals surface area contributed by atoms with Crippen LogP contribution >= 0.6 is 0 Å². The number of unbranched alkanes of at least 4 members (excludes halogenated alkanes) is 37. The highest BCUT2D eigenvalue weighted by atomic mass is 16.7. The van der Waals surface area contributed by atoms with Gasteiger partial charge in [0.1, 0.15) is 13.2 Å². The molecule has 0 bridgehead atoms. The van der Waals surface area contributed by atoms with Gasteiger partial charge in [-0.05, 0) is 77.0 Å². The van der Waals surface area contributed by atoms with E-state index < -0.39 is 24.3 Å².